The Balaban J connectivity index is 2.37. The summed E-state index contributed by atoms with van der Waals surface area (Å²) >= 11 is 1.66. The van der Waals surface area contributed by atoms with Gasteiger partial charge in [-0.25, -0.2) is 0 Å². The van der Waals surface area contributed by atoms with E-state index in [1.165, 1.54) is 0 Å². The molecule has 0 radical (unpaired) electrons. The first kappa shape index (κ1) is 10.2. The van der Waals surface area contributed by atoms with Crippen molar-refractivity contribution in [3.8, 4) is 5.75 Å². The number of hydrogen-bond acceptors (Lipinski definition) is 3. The summed E-state index contributed by atoms with van der Waals surface area (Å²) in [5.74, 6) is 0.844. The number of nitrogens with two attached hydrogens (primary N) is 1. The molecule has 2 rings (SSSR count). The van der Waals surface area contributed by atoms with E-state index in [1.807, 2.05) is 35.7 Å². The minimum absolute atomic E-state index is 0.104. The Morgan fingerprint density at radius 1 is 1.27 bits per heavy atom. The van der Waals surface area contributed by atoms with Gasteiger partial charge >= 0.3 is 0 Å². The number of rotatable bonds is 3. The number of para-hydroxylation sites is 1. The topological polar surface area (TPSA) is 35.2 Å². The highest BCUT2D eigenvalue weighted by Crippen LogP contribution is 2.28. The molecule has 0 fully saturated rings. The smallest absolute Gasteiger partial charge is 0.123 e. The summed E-state index contributed by atoms with van der Waals surface area (Å²) in [6.45, 7) is 0. The molecule has 0 amide bonds. The molecule has 0 spiro atoms. The fraction of sp³-hybridized carbons (Fsp3) is 0.167. The van der Waals surface area contributed by atoms with Crippen molar-refractivity contribution in [2.75, 3.05) is 7.11 Å². The summed E-state index contributed by atoms with van der Waals surface area (Å²) in [4.78, 5) is 0. The highest BCUT2D eigenvalue weighted by atomic mass is 32.1. The Morgan fingerprint density at radius 2 is 2.07 bits per heavy atom. The van der Waals surface area contributed by atoms with Crippen molar-refractivity contribution in [1.82, 2.24) is 0 Å². The average molecular weight is 219 g/mol. The maximum absolute atomic E-state index is 6.16. The fourth-order valence-corrected chi connectivity index (χ4v) is 2.25. The van der Waals surface area contributed by atoms with Crippen molar-refractivity contribution in [1.29, 1.82) is 0 Å². The van der Waals surface area contributed by atoms with E-state index in [2.05, 4.69) is 5.38 Å². The molecule has 3 heteroatoms. The van der Waals surface area contributed by atoms with Gasteiger partial charge < -0.3 is 10.5 Å². The van der Waals surface area contributed by atoms with Crippen molar-refractivity contribution in [3.63, 3.8) is 0 Å². The summed E-state index contributed by atoms with van der Waals surface area (Å²) in [6.07, 6.45) is 0. The van der Waals surface area contributed by atoms with Gasteiger partial charge in [0.25, 0.3) is 0 Å². The molecule has 2 nitrogen and oxygen atoms in total. The molecule has 15 heavy (non-hydrogen) atoms. The molecule has 2 N–H and O–H groups in total. The maximum atomic E-state index is 6.16. The lowest BCUT2D eigenvalue weighted by atomic mass is 10.0. The average Bonchev–Trinajstić information content (AvgIpc) is 2.81. The van der Waals surface area contributed by atoms with E-state index in [0.29, 0.717) is 0 Å². The van der Waals surface area contributed by atoms with Gasteiger partial charge in [-0.15, -0.1) is 0 Å². The van der Waals surface area contributed by atoms with E-state index in [9.17, 15) is 0 Å². The van der Waals surface area contributed by atoms with Gasteiger partial charge in [0, 0.05) is 5.56 Å². The van der Waals surface area contributed by atoms with Gasteiger partial charge in [0.2, 0.25) is 0 Å². The van der Waals surface area contributed by atoms with Crippen LogP contribution in [0.1, 0.15) is 17.2 Å². The normalized spacial score (nSPS) is 12.4. The van der Waals surface area contributed by atoms with Crippen LogP contribution >= 0.6 is 11.3 Å². The molecule has 2 aromatic rings. The lowest BCUT2D eigenvalue weighted by molar-refractivity contribution is 0.408. The predicted octanol–water partition coefficient (Wildman–Crippen LogP) is 2.80. The third-order valence-corrected chi connectivity index (χ3v) is 3.08. The van der Waals surface area contributed by atoms with E-state index in [4.69, 9.17) is 10.5 Å². The first-order valence-corrected chi connectivity index (χ1v) is 5.68. The maximum Gasteiger partial charge on any atom is 0.123 e. The second-order valence-electron chi connectivity index (χ2n) is 3.28. The molecule has 0 bridgehead atoms. The van der Waals surface area contributed by atoms with Gasteiger partial charge in [-0.1, -0.05) is 18.2 Å². The molecule has 1 aromatic carbocycles. The largest absolute Gasteiger partial charge is 0.496 e. The van der Waals surface area contributed by atoms with Gasteiger partial charge in [0.05, 0.1) is 13.2 Å². The molecule has 0 saturated carbocycles. The monoisotopic (exact) mass is 219 g/mol. The summed E-state index contributed by atoms with van der Waals surface area (Å²) in [7, 11) is 1.67. The molecular weight excluding hydrogens is 206 g/mol. The van der Waals surface area contributed by atoms with E-state index in [0.717, 1.165) is 16.9 Å². The first-order chi connectivity index (χ1) is 7.33. The van der Waals surface area contributed by atoms with Crippen LogP contribution in [-0.4, -0.2) is 7.11 Å². The van der Waals surface area contributed by atoms with E-state index < -0.39 is 0 Å². The van der Waals surface area contributed by atoms with Crippen molar-refractivity contribution >= 4 is 11.3 Å². The Hall–Kier alpha value is -1.32. The standard InChI is InChI=1S/C12H13NOS/c1-14-11-5-3-2-4-10(11)12(13)9-6-7-15-8-9/h2-8,12H,13H2,1H3. The van der Waals surface area contributed by atoms with Crippen molar-refractivity contribution in [2.24, 2.45) is 5.73 Å². The zero-order chi connectivity index (χ0) is 10.7. The van der Waals surface area contributed by atoms with E-state index in [1.54, 1.807) is 18.4 Å². The number of hydrogen-bond donors (Lipinski definition) is 1. The molecule has 1 unspecified atom stereocenters. The van der Waals surface area contributed by atoms with E-state index >= 15 is 0 Å². The zero-order valence-electron chi connectivity index (χ0n) is 8.51. The molecule has 1 heterocycles. The van der Waals surface area contributed by atoms with Gasteiger partial charge in [-0.3, -0.25) is 0 Å². The molecule has 1 aromatic heterocycles. The molecule has 0 aliphatic rings. The van der Waals surface area contributed by atoms with Crippen LogP contribution in [0.15, 0.2) is 41.1 Å². The Bertz CT molecular complexity index is 425. The summed E-state index contributed by atoms with van der Waals surface area (Å²) in [5.41, 5.74) is 8.32. The number of benzene rings is 1. The Labute approximate surface area is 93.3 Å². The number of ether oxygens (including phenoxy) is 1. The molecule has 0 aliphatic heterocycles. The second kappa shape index (κ2) is 4.47. The quantitative estimate of drug-likeness (QED) is 0.861. The van der Waals surface area contributed by atoms with Gasteiger partial charge in [-0.05, 0) is 28.5 Å². The van der Waals surface area contributed by atoms with Crippen molar-refractivity contribution in [3.05, 3.63) is 52.2 Å². The Morgan fingerprint density at radius 3 is 2.73 bits per heavy atom. The van der Waals surface area contributed by atoms with Gasteiger partial charge in [-0.2, -0.15) is 11.3 Å². The predicted molar refractivity (Wildman–Crippen MR) is 63.3 cm³/mol. The third kappa shape index (κ3) is 2.03. The van der Waals surface area contributed by atoms with Crippen molar-refractivity contribution in [2.45, 2.75) is 6.04 Å². The lowest BCUT2D eigenvalue weighted by Crippen LogP contribution is -2.11. The van der Waals surface area contributed by atoms with Gasteiger partial charge in [0.1, 0.15) is 5.75 Å². The number of thiophene rings is 1. The third-order valence-electron chi connectivity index (χ3n) is 2.38. The summed E-state index contributed by atoms with van der Waals surface area (Å²) in [6, 6.07) is 9.80. The lowest BCUT2D eigenvalue weighted by Gasteiger charge is -2.14. The van der Waals surface area contributed by atoms with Crippen LogP contribution in [0.3, 0.4) is 0 Å². The summed E-state index contributed by atoms with van der Waals surface area (Å²) in [5, 5.41) is 4.10. The summed E-state index contributed by atoms with van der Waals surface area (Å²) < 4.78 is 5.29. The highest BCUT2D eigenvalue weighted by Gasteiger charge is 2.13. The molecule has 78 valence electrons. The molecular formula is C12H13NOS. The van der Waals surface area contributed by atoms with Crippen molar-refractivity contribution < 1.29 is 4.74 Å². The van der Waals surface area contributed by atoms with Gasteiger partial charge in [0.15, 0.2) is 0 Å². The molecule has 1 atom stereocenters. The van der Waals surface area contributed by atoms with Crippen LogP contribution in [0.4, 0.5) is 0 Å². The van der Waals surface area contributed by atoms with Crippen LogP contribution in [0.5, 0.6) is 5.75 Å². The van der Waals surface area contributed by atoms with Crippen LogP contribution in [0.25, 0.3) is 0 Å². The van der Waals surface area contributed by atoms with E-state index in [-0.39, 0.29) is 6.04 Å². The van der Waals surface area contributed by atoms with Crippen LogP contribution in [0, 0.1) is 0 Å². The SMILES string of the molecule is COc1ccccc1C(N)c1ccsc1. The number of methoxy groups -OCH3 is 1. The zero-order valence-corrected chi connectivity index (χ0v) is 9.33. The second-order valence-corrected chi connectivity index (χ2v) is 4.06. The molecule has 0 saturated heterocycles. The first-order valence-electron chi connectivity index (χ1n) is 4.73. The minimum Gasteiger partial charge on any atom is -0.496 e. The highest BCUT2D eigenvalue weighted by molar-refractivity contribution is 7.08. The van der Waals surface area contributed by atoms with Crippen LogP contribution < -0.4 is 10.5 Å². The van der Waals surface area contributed by atoms with Crippen LogP contribution in [0.2, 0.25) is 0 Å². The fourth-order valence-electron chi connectivity index (χ4n) is 1.55. The Kier molecular flexibility index (Phi) is 3.04. The molecule has 0 aliphatic carbocycles. The minimum atomic E-state index is -0.104. The van der Waals surface area contributed by atoms with Crippen LogP contribution in [-0.2, 0) is 0 Å².